The van der Waals surface area contributed by atoms with Gasteiger partial charge in [0.2, 0.25) is 0 Å². The van der Waals surface area contributed by atoms with Crippen molar-refractivity contribution in [2.45, 2.75) is 40.2 Å². The largest absolute Gasteiger partial charge is 0.507 e. The third-order valence-electron chi connectivity index (χ3n) is 6.20. The van der Waals surface area contributed by atoms with E-state index in [9.17, 15) is 14.7 Å². The average Bonchev–Trinajstić information content (AvgIpc) is 3.08. The Morgan fingerprint density at radius 1 is 1.09 bits per heavy atom. The predicted octanol–water partition coefficient (Wildman–Crippen LogP) is 5.31. The second-order valence-electron chi connectivity index (χ2n) is 8.40. The number of carbonyl (C=O) groups excluding carboxylic acids is 2. The molecule has 1 N–H and O–H groups in total. The molecule has 182 valence electrons. The summed E-state index contributed by atoms with van der Waals surface area (Å²) in [7, 11) is 0. The van der Waals surface area contributed by atoms with E-state index >= 15 is 0 Å². The molecule has 1 unspecified atom stereocenters. The van der Waals surface area contributed by atoms with Crippen molar-refractivity contribution < 1.29 is 19.4 Å². The number of halogens is 1. The number of ketones is 1. The van der Waals surface area contributed by atoms with Gasteiger partial charge in [-0.05, 0) is 67.9 Å². The number of rotatable bonds is 10. The summed E-state index contributed by atoms with van der Waals surface area (Å²) in [4.78, 5) is 30.2. The lowest BCUT2D eigenvalue weighted by Crippen LogP contribution is -2.38. The SMILES string of the molecule is CCCOc1ccc(C(O)=C2C(=O)C(=O)N(CCN(CC)CC)C2c2ccc(Br)cc2)c(C)c1. The van der Waals surface area contributed by atoms with E-state index in [2.05, 4.69) is 34.7 Å². The van der Waals surface area contributed by atoms with Gasteiger partial charge in [-0.2, -0.15) is 0 Å². The number of amides is 1. The number of Topliss-reactive ketones (excluding diaryl/α,β-unsaturated/α-hetero) is 1. The summed E-state index contributed by atoms with van der Waals surface area (Å²) in [6.07, 6.45) is 0.894. The van der Waals surface area contributed by atoms with E-state index in [0.29, 0.717) is 31.0 Å². The second kappa shape index (κ2) is 11.7. The molecule has 0 saturated carbocycles. The molecular weight excluding hydrogens is 496 g/mol. The zero-order valence-electron chi connectivity index (χ0n) is 20.3. The maximum absolute atomic E-state index is 13.2. The lowest BCUT2D eigenvalue weighted by atomic mass is 9.94. The molecule has 1 saturated heterocycles. The fourth-order valence-electron chi connectivity index (χ4n) is 4.25. The Hall–Kier alpha value is -2.64. The van der Waals surface area contributed by atoms with Crippen molar-refractivity contribution in [1.82, 2.24) is 9.80 Å². The van der Waals surface area contributed by atoms with Gasteiger partial charge in [0.15, 0.2) is 0 Å². The van der Waals surface area contributed by atoms with Crippen molar-refractivity contribution in [3.05, 3.63) is 69.2 Å². The molecule has 0 spiro atoms. The van der Waals surface area contributed by atoms with E-state index in [1.165, 1.54) is 0 Å². The molecule has 1 fully saturated rings. The fraction of sp³-hybridized carbons (Fsp3) is 0.407. The number of likely N-dealkylation sites (tertiary alicyclic amines) is 1. The maximum Gasteiger partial charge on any atom is 0.295 e. The fourth-order valence-corrected chi connectivity index (χ4v) is 4.51. The highest BCUT2D eigenvalue weighted by Gasteiger charge is 2.46. The highest BCUT2D eigenvalue weighted by atomic mass is 79.9. The molecule has 2 aromatic carbocycles. The number of hydrogen-bond acceptors (Lipinski definition) is 5. The van der Waals surface area contributed by atoms with Crippen LogP contribution in [0.1, 0.15) is 49.9 Å². The van der Waals surface area contributed by atoms with Gasteiger partial charge in [0.1, 0.15) is 11.5 Å². The van der Waals surface area contributed by atoms with Gasteiger partial charge in [0, 0.05) is 23.1 Å². The maximum atomic E-state index is 13.2. The van der Waals surface area contributed by atoms with Crippen LogP contribution in [0.5, 0.6) is 5.75 Å². The number of carbonyl (C=O) groups is 2. The van der Waals surface area contributed by atoms with Gasteiger partial charge in [-0.1, -0.05) is 48.8 Å². The summed E-state index contributed by atoms with van der Waals surface area (Å²) >= 11 is 3.45. The van der Waals surface area contributed by atoms with Crippen LogP contribution in [0.25, 0.3) is 5.76 Å². The third kappa shape index (κ3) is 5.53. The first-order valence-electron chi connectivity index (χ1n) is 11.8. The summed E-state index contributed by atoms with van der Waals surface area (Å²) in [5.41, 5.74) is 2.20. The Bertz CT molecular complexity index is 1060. The van der Waals surface area contributed by atoms with E-state index in [-0.39, 0.29) is 11.3 Å². The van der Waals surface area contributed by atoms with Crippen LogP contribution in [0, 0.1) is 6.92 Å². The first-order chi connectivity index (χ1) is 16.3. The minimum Gasteiger partial charge on any atom is -0.507 e. The van der Waals surface area contributed by atoms with E-state index in [1.54, 1.807) is 17.0 Å². The highest BCUT2D eigenvalue weighted by Crippen LogP contribution is 2.40. The Morgan fingerprint density at radius 3 is 2.35 bits per heavy atom. The van der Waals surface area contributed by atoms with Crippen LogP contribution in [0.3, 0.4) is 0 Å². The van der Waals surface area contributed by atoms with Gasteiger partial charge in [-0.15, -0.1) is 0 Å². The predicted molar refractivity (Wildman–Crippen MR) is 138 cm³/mol. The molecule has 1 aliphatic heterocycles. The van der Waals surface area contributed by atoms with E-state index in [1.807, 2.05) is 44.2 Å². The Kier molecular flexibility index (Phi) is 8.91. The molecule has 1 aliphatic rings. The van der Waals surface area contributed by atoms with Crippen LogP contribution in [0.4, 0.5) is 0 Å². The van der Waals surface area contributed by atoms with Crippen LogP contribution in [0.15, 0.2) is 52.5 Å². The van der Waals surface area contributed by atoms with Crippen LogP contribution >= 0.6 is 15.9 Å². The Balaban J connectivity index is 2.07. The lowest BCUT2D eigenvalue weighted by Gasteiger charge is -2.28. The van der Waals surface area contributed by atoms with Crippen LogP contribution < -0.4 is 4.74 Å². The quantitative estimate of drug-likeness (QED) is 0.257. The van der Waals surface area contributed by atoms with Gasteiger partial charge in [-0.25, -0.2) is 0 Å². The molecule has 0 radical (unpaired) electrons. The monoisotopic (exact) mass is 528 g/mol. The van der Waals surface area contributed by atoms with E-state index in [4.69, 9.17) is 4.74 Å². The van der Waals surface area contributed by atoms with E-state index in [0.717, 1.165) is 35.1 Å². The normalized spacial score (nSPS) is 17.6. The molecule has 2 aromatic rings. The second-order valence-corrected chi connectivity index (χ2v) is 9.31. The first-order valence-corrected chi connectivity index (χ1v) is 12.6. The topological polar surface area (TPSA) is 70.1 Å². The van der Waals surface area contributed by atoms with Crippen molar-refractivity contribution in [3.8, 4) is 5.75 Å². The van der Waals surface area contributed by atoms with Gasteiger partial charge in [0.05, 0.1) is 18.2 Å². The summed E-state index contributed by atoms with van der Waals surface area (Å²) in [6.45, 7) is 11.4. The van der Waals surface area contributed by atoms with Crippen molar-refractivity contribution in [2.75, 3.05) is 32.8 Å². The number of aliphatic hydroxyl groups is 1. The number of aryl methyl sites for hydroxylation is 1. The van der Waals surface area contributed by atoms with Crippen molar-refractivity contribution in [2.24, 2.45) is 0 Å². The summed E-state index contributed by atoms with van der Waals surface area (Å²) < 4.78 is 6.59. The molecule has 0 aliphatic carbocycles. The molecule has 0 bridgehead atoms. The Morgan fingerprint density at radius 2 is 1.76 bits per heavy atom. The van der Waals surface area contributed by atoms with Crippen molar-refractivity contribution in [1.29, 1.82) is 0 Å². The van der Waals surface area contributed by atoms with Crippen LogP contribution in [-0.4, -0.2) is 59.4 Å². The molecular formula is C27H33BrN2O4. The van der Waals surface area contributed by atoms with Gasteiger partial charge in [0.25, 0.3) is 11.7 Å². The number of benzene rings is 2. The van der Waals surface area contributed by atoms with Crippen molar-refractivity contribution in [3.63, 3.8) is 0 Å². The molecule has 7 heteroatoms. The number of hydrogen-bond donors (Lipinski definition) is 1. The number of aliphatic hydroxyl groups excluding tert-OH is 1. The molecule has 0 aromatic heterocycles. The average molecular weight is 529 g/mol. The summed E-state index contributed by atoms with van der Waals surface area (Å²) in [6, 6.07) is 12.2. The third-order valence-corrected chi connectivity index (χ3v) is 6.73. The Labute approximate surface area is 210 Å². The van der Waals surface area contributed by atoms with Gasteiger partial charge < -0.3 is 19.6 Å². The minimum atomic E-state index is -0.657. The molecule has 3 rings (SSSR count). The summed E-state index contributed by atoms with van der Waals surface area (Å²) in [5.74, 6) is -0.686. The highest BCUT2D eigenvalue weighted by molar-refractivity contribution is 9.10. The van der Waals surface area contributed by atoms with Gasteiger partial charge in [-0.3, -0.25) is 9.59 Å². The smallest absolute Gasteiger partial charge is 0.295 e. The first kappa shape index (κ1) is 26.0. The molecule has 6 nitrogen and oxygen atoms in total. The minimum absolute atomic E-state index is 0.122. The number of ether oxygens (including phenoxy) is 1. The van der Waals surface area contributed by atoms with E-state index < -0.39 is 17.7 Å². The summed E-state index contributed by atoms with van der Waals surface area (Å²) in [5, 5.41) is 11.3. The molecule has 1 atom stereocenters. The number of likely N-dealkylation sites (N-methyl/N-ethyl adjacent to an activating group) is 1. The molecule has 34 heavy (non-hydrogen) atoms. The van der Waals surface area contributed by atoms with Crippen LogP contribution in [-0.2, 0) is 9.59 Å². The zero-order chi connectivity index (χ0) is 24.8. The van der Waals surface area contributed by atoms with Crippen molar-refractivity contribution >= 4 is 33.4 Å². The standard InChI is InChI=1S/C27H33BrN2O4/c1-5-16-34-21-12-13-22(18(4)17-21)25(31)23-24(19-8-10-20(28)11-9-19)30(27(33)26(23)32)15-14-29(6-2)7-3/h8-13,17,24,31H,5-7,14-16H2,1-4H3. The molecule has 1 amide bonds. The van der Waals surface area contributed by atoms with Crippen LogP contribution in [0.2, 0.25) is 0 Å². The molecule has 1 heterocycles. The zero-order valence-corrected chi connectivity index (χ0v) is 21.9. The number of nitrogens with zero attached hydrogens (tertiary/aromatic N) is 2. The van der Waals surface area contributed by atoms with Gasteiger partial charge >= 0.3 is 0 Å². The lowest BCUT2D eigenvalue weighted by molar-refractivity contribution is -0.140.